The van der Waals surface area contributed by atoms with Crippen molar-refractivity contribution in [1.29, 1.82) is 0 Å². The van der Waals surface area contributed by atoms with E-state index >= 15 is 0 Å². The first-order valence-electron chi connectivity index (χ1n) is 0.647. The van der Waals surface area contributed by atoms with Crippen molar-refractivity contribution in [3.05, 3.63) is 0 Å². The van der Waals surface area contributed by atoms with Crippen LogP contribution < -0.4 is 0 Å². The average Bonchev–Trinajstić information content (AvgIpc) is 0.722. The second-order valence-corrected chi connectivity index (χ2v) is 1.71. The molecule has 7 heavy (non-hydrogen) atoms. The maximum absolute atomic E-state index is 8.80. The third-order valence-electron chi connectivity index (χ3n) is 0. The predicted molar refractivity (Wildman–Crippen MR) is 14.4 cm³/mol. The van der Waals surface area contributed by atoms with E-state index in [0.29, 0.717) is 0 Å². The summed E-state index contributed by atoms with van der Waals surface area (Å²) in [5, 5.41) is 0. The minimum absolute atomic E-state index is 0. The first-order chi connectivity index (χ1) is 2.00. The Bertz CT molecular complexity index is 94.9. The van der Waals surface area contributed by atoms with E-state index in [-0.39, 0.29) is 79.0 Å². The molecule has 4 nitrogen and oxygen atoms in total. The fraction of sp³-hybridized carbons (Fsp3) is 0. The van der Waals surface area contributed by atoms with Crippen LogP contribution in [0.4, 0.5) is 0 Å². The van der Waals surface area contributed by atoms with Gasteiger partial charge in [0.15, 0.2) is 0 Å². The smallest absolute Gasteiger partial charge is 0 e. The van der Waals surface area contributed by atoms with Crippen LogP contribution in [-0.4, -0.2) is 46.1 Å². The zero-order chi connectivity index (χ0) is 4.50. The summed E-state index contributed by atoms with van der Waals surface area (Å²) in [6.45, 7) is 0. The van der Waals surface area contributed by atoms with Crippen molar-refractivity contribution in [1.82, 2.24) is 0 Å². The van der Waals surface area contributed by atoms with Crippen LogP contribution in [0.15, 0.2) is 0 Å². The molecule has 0 aliphatic carbocycles. The Balaban J connectivity index is -0.0000000800. The summed E-state index contributed by atoms with van der Waals surface area (Å²) >= 11 is -5.12. The minimum Gasteiger partial charge on any atom is 0 e. The molecule has 0 unspecified atom stereocenters. The zero-order valence-corrected chi connectivity index (χ0v) is 7.55. The number of hydrogen-bond donors (Lipinski definition) is 2. The molecule has 0 amide bonds. The van der Waals surface area contributed by atoms with E-state index in [4.69, 9.17) is 16.0 Å². The Hall–Kier alpha value is 2.66. The number of rotatable bonds is 0. The van der Waals surface area contributed by atoms with Gasteiger partial charge < -0.3 is 0 Å². The summed E-state index contributed by atoms with van der Waals surface area (Å²) in [5.41, 5.74) is 0. The van der Waals surface area contributed by atoms with Crippen LogP contribution in [-0.2, 0) is 21.0 Å². The van der Waals surface area contributed by atoms with Gasteiger partial charge in [0.05, 0.1) is 0 Å². The Morgan fingerprint density at radius 2 is 1.14 bits per heavy atom. The first kappa shape index (κ1) is 16.3. The molecule has 0 bridgehead atoms. The van der Waals surface area contributed by atoms with Gasteiger partial charge in [-0.2, -0.15) is 0 Å². The normalized spacial score (nSPS) is 8.29. The van der Waals surface area contributed by atoms with Crippen molar-refractivity contribution < 1.29 is 70.7 Å². The molecule has 0 aliphatic heterocycles. The van der Waals surface area contributed by atoms with Crippen LogP contribution in [0.25, 0.3) is 0 Å². The van der Waals surface area contributed by atoms with Gasteiger partial charge in [-0.1, -0.05) is 0 Å². The molecular formula is H4CaMnO4Pr. The van der Waals surface area contributed by atoms with E-state index in [1.165, 1.54) is 0 Å². The summed E-state index contributed by atoms with van der Waals surface area (Å²) in [5.74, 6) is 0. The van der Waals surface area contributed by atoms with Gasteiger partial charge in [0.2, 0.25) is 0 Å². The van der Waals surface area contributed by atoms with Crippen LogP contribution in [0.2, 0.25) is 0 Å². The van der Waals surface area contributed by atoms with Crippen molar-refractivity contribution in [2.45, 2.75) is 0 Å². The van der Waals surface area contributed by atoms with E-state index in [1.54, 1.807) is 0 Å². The van der Waals surface area contributed by atoms with Crippen LogP contribution in [0, 0.1) is 41.3 Å². The molecule has 0 rings (SSSR count). The van der Waals surface area contributed by atoms with Gasteiger partial charge in [-0.25, -0.2) is 0 Å². The second-order valence-electron chi connectivity index (χ2n) is 0.415. The topological polar surface area (TPSA) is 74.6 Å². The van der Waals surface area contributed by atoms with Crippen molar-refractivity contribution in [2.75, 3.05) is 0 Å². The molecule has 0 aromatic heterocycles. The average molecular weight is 304 g/mol. The third kappa shape index (κ3) is 54.2. The predicted octanol–water partition coefficient (Wildman–Crippen LogP) is -2.27. The van der Waals surface area contributed by atoms with Gasteiger partial charge in [-0.3, -0.25) is 0 Å². The summed E-state index contributed by atoms with van der Waals surface area (Å²) in [7, 11) is 0. The van der Waals surface area contributed by atoms with Gasteiger partial charge in [0, 0.05) is 41.3 Å². The number of hydrogen-bond acceptors (Lipinski definition) is 2. The fourth-order valence-electron chi connectivity index (χ4n) is 0. The summed E-state index contributed by atoms with van der Waals surface area (Å²) in [6.07, 6.45) is 0. The van der Waals surface area contributed by atoms with Gasteiger partial charge in [-0.15, -0.1) is 0 Å². The molecule has 0 saturated heterocycles. The van der Waals surface area contributed by atoms with Crippen molar-refractivity contribution >= 4 is 37.7 Å². The maximum atomic E-state index is 8.80. The Morgan fingerprint density at radius 1 is 1.14 bits per heavy atom. The van der Waals surface area contributed by atoms with Gasteiger partial charge in [0.1, 0.15) is 0 Å². The molecule has 40 valence electrons. The molecule has 7 heteroatoms. The van der Waals surface area contributed by atoms with Crippen molar-refractivity contribution in [2.24, 2.45) is 0 Å². The molecular weight excluding hydrogens is 300 g/mol. The van der Waals surface area contributed by atoms with Gasteiger partial charge >= 0.3 is 67.2 Å². The molecule has 0 aromatic rings. The SMILES string of the molecule is [CaH2].[O]=[Mn](=[O])([OH])[OH].[Pr]. The molecule has 1 radical (unpaired) electrons. The molecule has 0 heterocycles. The van der Waals surface area contributed by atoms with Crippen LogP contribution in [0.3, 0.4) is 0 Å². The third-order valence-corrected chi connectivity index (χ3v) is 0. The van der Waals surface area contributed by atoms with Crippen LogP contribution in [0.5, 0.6) is 0 Å². The molecule has 0 atom stereocenters. The largest absolute Gasteiger partial charge is 0 e. The first-order valence-corrected chi connectivity index (χ1v) is 2.67. The standard InChI is InChI=1S/Ca.Mn.2H2O.2O.Pr.2H/h;;2*1H2;;;;;/q;+2;;;;;;;/p-2. The van der Waals surface area contributed by atoms with Crippen molar-refractivity contribution in [3.8, 4) is 0 Å². The fourth-order valence-corrected chi connectivity index (χ4v) is 0. The molecule has 2 N–H and O–H groups in total. The van der Waals surface area contributed by atoms with Crippen molar-refractivity contribution in [3.63, 3.8) is 0 Å². The molecule has 0 fully saturated rings. The zero-order valence-electron chi connectivity index (χ0n) is 2.67. The maximum Gasteiger partial charge on any atom is 0 e. The molecule has 0 saturated carbocycles. The molecule has 0 aliphatic rings. The van der Waals surface area contributed by atoms with Crippen LogP contribution in [0.1, 0.15) is 0 Å². The summed E-state index contributed by atoms with van der Waals surface area (Å²) in [4.78, 5) is 0. The second kappa shape index (κ2) is 6.78. The van der Waals surface area contributed by atoms with E-state index in [1.807, 2.05) is 0 Å². The monoisotopic (exact) mass is 304 g/mol. The van der Waals surface area contributed by atoms with Crippen LogP contribution >= 0.6 is 0 Å². The van der Waals surface area contributed by atoms with E-state index in [0.717, 1.165) is 0 Å². The molecule has 0 spiro atoms. The Kier molecular flexibility index (Phi) is 15.8. The Labute approximate surface area is 106 Å². The summed E-state index contributed by atoms with van der Waals surface area (Å²) < 4.78 is 31.8. The van der Waals surface area contributed by atoms with Gasteiger partial charge in [-0.05, 0) is 0 Å². The minimum atomic E-state index is -5.12. The van der Waals surface area contributed by atoms with Gasteiger partial charge in [0.25, 0.3) is 0 Å². The van der Waals surface area contributed by atoms with E-state index < -0.39 is 13.4 Å². The van der Waals surface area contributed by atoms with E-state index in [9.17, 15) is 0 Å². The quantitative estimate of drug-likeness (QED) is 0.495. The van der Waals surface area contributed by atoms with E-state index in [2.05, 4.69) is 0 Å². The summed E-state index contributed by atoms with van der Waals surface area (Å²) in [6, 6.07) is 0. The molecule has 0 aromatic carbocycles. The Morgan fingerprint density at radius 3 is 1.14 bits per heavy atom.